The van der Waals surface area contributed by atoms with E-state index in [-0.39, 0.29) is 42.3 Å². The molecule has 0 aromatic heterocycles. The van der Waals surface area contributed by atoms with Gasteiger partial charge < -0.3 is 19.5 Å². The molecule has 2 fully saturated rings. The monoisotopic (exact) mass is 281 g/mol. The molecule has 0 saturated carbocycles. The minimum absolute atomic E-state index is 0. The normalized spacial score (nSPS) is 24.6. The number of carboxylic acid groups (broad SMARTS) is 1. The fourth-order valence-electron chi connectivity index (χ4n) is 2.33. The quantitative estimate of drug-likeness (QED) is 0.706. The van der Waals surface area contributed by atoms with Crippen LogP contribution in [0.25, 0.3) is 0 Å². The number of hydrogen-bond donors (Lipinski definition) is 1. The molecule has 1 amide bonds. The predicted molar refractivity (Wildman–Crippen MR) is 69.4 cm³/mol. The Kier molecular flexibility index (Phi) is 4.93. The number of rotatable bonds is 1. The fraction of sp³-hybridized carbons (Fsp3) is 0.833. The molecule has 7 heteroatoms. The van der Waals surface area contributed by atoms with Crippen LogP contribution in [0.2, 0.25) is 0 Å². The molecule has 2 rings (SSSR count). The molecule has 1 N–H and O–H groups in total. The Morgan fingerprint density at radius 1 is 1.37 bits per heavy atom. The number of hydrogen-bond acceptors (Lipinski definition) is 4. The van der Waals surface area contributed by atoms with Crippen molar-refractivity contribution < 1.29 is 24.2 Å². The Balaban J connectivity index is 0.00000180. The molecule has 6 nitrogen and oxygen atoms in total. The SMILES string of the molecule is CC(C)(C)OC(=O)N1CC2(CC(C(=O)O)CO2)C1.[NaH]. The van der Waals surface area contributed by atoms with Gasteiger partial charge in [0.1, 0.15) is 11.2 Å². The molecular weight excluding hydrogens is 261 g/mol. The van der Waals surface area contributed by atoms with Gasteiger partial charge in [0.2, 0.25) is 0 Å². The first-order chi connectivity index (χ1) is 8.21. The van der Waals surface area contributed by atoms with Crippen molar-refractivity contribution in [3.05, 3.63) is 0 Å². The second-order valence-corrected chi connectivity index (χ2v) is 6.07. The molecule has 0 aromatic carbocycles. The van der Waals surface area contributed by atoms with Gasteiger partial charge >= 0.3 is 41.6 Å². The summed E-state index contributed by atoms with van der Waals surface area (Å²) in [5.74, 6) is -1.28. The van der Waals surface area contributed by atoms with Crippen LogP contribution in [0.1, 0.15) is 27.2 Å². The molecular formula is C12H20NNaO5. The summed E-state index contributed by atoms with van der Waals surface area (Å²) >= 11 is 0. The third-order valence-corrected chi connectivity index (χ3v) is 3.17. The van der Waals surface area contributed by atoms with Gasteiger partial charge in [-0.05, 0) is 27.2 Å². The van der Waals surface area contributed by atoms with Crippen LogP contribution in [0.5, 0.6) is 0 Å². The van der Waals surface area contributed by atoms with E-state index in [1.807, 2.05) is 20.8 Å². The van der Waals surface area contributed by atoms with Gasteiger partial charge in [-0.1, -0.05) is 0 Å². The van der Waals surface area contributed by atoms with Crippen molar-refractivity contribution in [1.82, 2.24) is 4.90 Å². The molecule has 2 aliphatic rings. The Bertz CT molecular complexity index is 373. The maximum atomic E-state index is 11.7. The van der Waals surface area contributed by atoms with E-state index in [9.17, 15) is 9.59 Å². The second-order valence-electron chi connectivity index (χ2n) is 6.07. The average Bonchev–Trinajstić information content (AvgIpc) is 2.56. The first-order valence-corrected chi connectivity index (χ1v) is 6.05. The van der Waals surface area contributed by atoms with E-state index in [2.05, 4.69) is 0 Å². The van der Waals surface area contributed by atoms with Gasteiger partial charge in [0.05, 0.1) is 25.6 Å². The molecule has 2 heterocycles. The van der Waals surface area contributed by atoms with Crippen molar-refractivity contribution in [1.29, 1.82) is 0 Å². The second kappa shape index (κ2) is 5.60. The van der Waals surface area contributed by atoms with E-state index in [0.717, 1.165) is 0 Å². The van der Waals surface area contributed by atoms with Gasteiger partial charge in [0, 0.05) is 0 Å². The van der Waals surface area contributed by atoms with Crippen molar-refractivity contribution in [2.45, 2.75) is 38.4 Å². The zero-order chi connectivity index (χ0) is 13.6. The molecule has 19 heavy (non-hydrogen) atoms. The summed E-state index contributed by atoms with van der Waals surface area (Å²) < 4.78 is 10.8. The zero-order valence-electron chi connectivity index (χ0n) is 10.9. The Morgan fingerprint density at radius 3 is 2.37 bits per heavy atom. The number of nitrogens with zero attached hydrogens (tertiary/aromatic N) is 1. The van der Waals surface area contributed by atoms with E-state index in [0.29, 0.717) is 19.5 Å². The number of likely N-dealkylation sites (tertiary alicyclic amines) is 1. The number of carboxylic acids is 1. The molecule has 0 bridgehead atoms. The van der Waals surface area contributed by atoms with Crippen LogP contribution in [0, 0.1) is 5.92 Å². The third kappa shape index (κ3) is 3.84. The van der Waals surface area contributed by atoms with Crippen molar-refractivity contribution in [3.8, 4) is 0 Å². The van der Waals surface area contributed by atoms with Crippen molar-refractivity contribution >= 4 is 41.6 Å². The third-order valence-electron chi connectivity index (χ3n) is 3.17. The van der Waals surface area contributed by atoms with Crippen LogP contribution in [0.4, 0.5) is 4.79 Å². The summed E-state index contributed by atoms with van der Waals surface area (Å²) in [6.45, 7) is 6.52. The van der Waals surface area contributed by atoms with Crippen LogP contribution in [-0.2, 0) is 14.3 Å². The predicted octanol–water partition coefficient (Wildman–Crippen LogP) is 0.449. The van der Waals surface area contributed by atoms with Gasteiger partial charge in [-0.15, -0.1) is 0 Å². The molecule has 1 atom stereocenters. The fourth-order valence-corrected chi connectivity index (χ4v) is 2.33. The van der Waals surface area contributed by atoms with Crippen LogP contribution < -0.4 is 0 Å². The standard InChI is InChI=1S/C12H19NO5.Na.H/c1-11(2,3)18-10(16)13-6-12(7-13)4-8(5-17-12)9(14)15;;/h8H,4-7H2,1-3H3,(H,14,15);;. The number of aliphatic carboxylic acids is 1. The summed E-state index contributed by atoms with van der Waals surface area (Å²) in [4.78, 5) is 24.1. The van der Waals surface area contributed by atoms with Gasteiger partial charge in [-0.2, -0.15) is 0 Å². The van der Waals surface area contributed by atoms with E-state index < -0.39 is 23.1 Å². The van der Waals surface area contributed by atoms with Crippen LogP contribution in [-0.4, -0.2) is 82.5 Å². The first-order valence-electron chi connectivity index (χ1n) is 6.05. The van der Waals surface area contributed by atoms with E-state index in [1.165, 1.54) is 0 Å². The number of carbonyl (C=O) groups is 2. The maximum absolute atomic E-state index is 11.7. The van der Waals surface area contributed by atoms with E-state index >= 15 is 0 Å². The van der Waals surface area contributed by atoms with Crippen molar-refractivity contribution in [3.63, 3.8) is 0 Å². The van der Waals surface area contributed by atoms with Gasteiger partial charge in [-0.3, -0.25) is 4.79 Å². The van der Waals surface area contributed by atoms with Gasteiger partial charge in [-0.25, -0.2) is 4.79 Å². The average molecular weight is 281 g/mol. The summed E-state index contributed by atoms with van der Waals surface area (Å²) in [5.41, 5.74) is -0.972. The molecule has 0 radical (unpaired) electrons. The molecule has 104 valence electrons. The van der Waals surface area contributed by atoms with Crippen LogP contribution in [0.15, 0.2) is 0 Å². The molecule has 1 spiro atoms. The molecule has 1 unspecified atom stereocenters. The van der Waals surface area contributed by atoms with Gasteiger partial charge in [0.25, 0.3) is 0 Å². The number of ether oxygens (including phenoxy) is 2. The number of amides is 1. The van der Waals surface area contributed by atoms with E-state index in [4.69, 9.17) is 14.6 Å². The molecule has 0 aliphatic carbocycles. The topological polar surface area (TPSA) is 76.1 Å². The van der Waals surface area contributed by atoms with Crippen LogP contribution >= 0.6 is 0 Å². The van der Waals surface area contributed by atoms with Crippen molar-refractivity contribution in [2.75, 3.05) is 19.7 Å². The first kappa shape index (κ1) is 16.8. The Morgan fingerprint density at radius 2 is 1.95 bits per heavy atom. The van der Waals surface area contributed by atoms with E-state index in [1.54, 1.807) is 4.90 Å². The van der Waals surface area contributed by atoms with Crippen LogP contribution in [0.3, 0.4) is 0 Å². The zero-order valence-corrected chi connectivity index (χ0v) is 10.9. The minimum atomic E-state index is -0.831. The summed E-state index contributed by atoms with van der Waals surface area (Å²) in [6.07, 6.45) is 0.109. The summed E-state index contributed by atoms with van der Waals surface area (Å²) in [5, 5.41) is 8.91. The Hall–Kier alpha value is -0.300. The molecule has 0 aromatic rings. The summed E-state index contributed by atoms with van der Waals surface area (Å²) in [7, 11) is 0. The Labute approximate surface area is 134 Å². The van der Waals surface area contributed by atoms with Crippen molar-refractivity contribution in [2.24, 2.45) is 5.92 Å². The molecule has 2 aliphatic heterocycles. The van der Waals surface area contributed by atoms with Gasteiger partial charge in [0.15, 0.2) is 0 Å². The molecule has 2 saturated heterocycles. The summed E-state index contributed by atoms with van der Waals surface area (Å²) in [6, 6.07) is 0. The number of carbonyl (C=O) groups excluding carboxylic acids is 1.